The number of anilines is 2. The van der Waals surface area contributed by atoms with Crippen LogP contribution in [-0.2, 0) is 19.6 Å². The molecule has 1 saturated heterocycles. The minimum atomic E-state index is -3.98. The van der Waals surface area contributed by atoms with Gasteiger partial charge in [-0.2, -0.15) is 0 Å². The van der Waals surface area contributed by atoms with Crippen molar-refractivity contribution < 1.29 is 22.7 Å². The highest BCUT2D eigenvalue weighted by Gasteiger charge is 2.22. The van der Waals surface area contributed by atoms with Gasteiger partial charge in [-0.25, -0.2) is 13.4 Å². The van der Waals surface area contributed by atoms with E-state index in [4.69, 9.17) is 4.74 Å². The van der Waals surface area contributed by atoms with E-state index in [-0.39, 0.29) is 22.3 Å². The van der Waals surface area contributed by atoms with E-state index in [2.05, 4.69) is 20.0 Å². The van der Waals surface area contributed by atoms with Crippen molar-refractivity contribution in [2.24, 2.45) is 5.92 Å². The fourth-order valence-electron chi connectivity index (χ4n) is 4.02. The molecule has 0 saturated carbocycles. The molecule has 3 heterocycles. The Morgan fingerprint density at radius 1 is 1.14 bits per heavy atom. The van der Waals surface area contributed by atoms with Gasteiger partial charge in [-0.05, 0) is 57.7 Å². The summed E-state index contributed by atoms with van der Waals surface area (Å²) in [6, 6.07) is 7.87. The van der Waals surface area contributed by atoms with Crippen LogP contribution >= 0.6 is 11.3 Å². The predicted molar refractivity (Wildman–Crippen MR) is 139 cm³/mol. The standard InChI is InChI=1S/C25H28N4O5S2/c1-15-22(36(32,33)29-21-6-4-5-19(12-21)17(3)30)13-20(14-26-15)24-16(2)27-25(35-24)28-23(31)11-18-7-9-34-10-8-18/h4-6,12-14,18,29H,7-11H2,1-3H3,(H,27,28,31). The molecule has 2 N–H and O–H groups in total. The van der Waals surface area contributed by atoms with E-state index in [1.807, 2.05) is 0 Å². The summed E-state index contributed by atoms with van der Waals surface area (Å²) in [6.07, 6.45) is 3.75. The zero-order chi connectivity index (χ0) is 25.9. The molecule has 1 fully saturated rings. The number of thiazole rings is 1. The molecule has 1 aliphatic rings. The molecule has 3 aromatic rings. The summed E-state index contributed by atoms with van der Waals surface area (Å²) < 4.78 is 34.3. The van der Waals surface area contributed by atoms with E-state index in [1.54, 1.807) is 44.3 Å². The summed E-state index contributed by atoms with van der Waals surface area (Å²) in [5.41, 5.74) is 2.28. The van der Waals surface area contributed by atoms with Crippen molar-refractivity contribution in [3.8, 4) is 10.4 Å². The van der Waals surface area contributed by atoms with E-state index in [9.17, 15) is 18.0 Å². The molecular formula is C25H28N4O5S2. The van der Waals surface area contributed by atoms with Crippen LogP contribution in [0.25, 0.3) is 10.4 Å². The Labute approximate surface area is 214 Å². The molecule has 1 aliphatic heterocycles. The van der Waals surface area contributed by atoms with Crippen LogP contribution in [-0.4, -0.2) is 43.3 Å². The first-order valence-corrected chi connectivity index (χ1v) is 13.9. The quantitative estimate of drug-likeness (QED) is 0.410. The number of Topliss-reactive ketones (excluding diaryl/α,β-unsaturated/α-hetero) is 1. The summed E-state index contributed by atoms with van der Waals surface area (Å²) >= 11 is 1.28. The largest absolute Gasteiger partial charge is 0.381 e. The van der Waals surface area contributed by atoms with Crippen LogP contribution in [0.5, 0.6) is 0 Å². The smallest absolute Gasteiger partial charge is 0.263 e. The Morgan fingerprint density at radius 2 is 1.89 bits per heavy atom. The first-order valence-electron chi connectivity index (χ1n) is 11.6. The van der Waals surface area contributed by atoms with Crippen LogP contribution in [0.4, 0.5) is 10.8 Å². The Hall–Kier alpha value is -3.15. The van der Waals surface area contributed by atoms with Gasteiger partial charge in [0.15, 0.2) is 10.9 Å². The maximum atomic E-state index is 13.2. The zero-order valence-corrected chi connectivity index (χ0v) is 22.0. The highest BCUT2D eigenvalue weighted by atomic mass is 32.2. The maximum absolute atomic E-state index is 13.2. The normalized spacial score (nSPS) is 14.4. The number of pyridine rings is 1. The Bertz CT molecular complexity index is 1400. The minimum absolute atomic E-state index is 0.0196. The Balaban J connectivity index is 1.54. The summed E-state index contributed by atoms with van der Waals surface area (Å²) in [5, 5.41) is 3.33. The van der Waals surface area contributed by atoms with Crippen LogP contribution < -0.4 is 10.0 Å². The second-order valence-corrected chi connectivity index (χ2v) is 11.4. The molecule has 0 atom stereocenters. The number of nitrogens with one attached hydrogen (secondary N) is 2. The average Bonchev–Trinajstić information content (AvgIpc) is 3.19. The van der Waals surface area contributed by atoms with Crippen LogP contribution in [0, 0.1) is 19.8 Å². The van der Waals surface area contributed by atoms with Crippen LogP contribution in [0.3, 0.4) is 0 Å². The van der Waals surface area contributed by atoms with Gasteiger partial charge in [-0.1, -0.05) is 23.5 Å². The van der Waals surface area contributed by atoms with Gasteiger partial charge in [0.05, 0.1) is 16.3 Å². The Kier molecular flexibility index (Phi) is 7.82. The summed E-state index contributed by atoms with van der Waals surface area (Å²) in [7, 11) is -3.98. The molecule has 0 aliphatic carbocycles. The van der Waals surface area contributed by atoms with Crippen LogP contribution in [0.15, 0.2) is 41.4 Å². The van der Waals surface area contributed by atoms with Gasteiger partial charge in [-0.15, -0.1) is 0 Å². The van der Waals surface area contributed by atoms with Crippen molar-refractivity contribution in [2.75, 3.05) is 23.3 Å². The van der Waals surface area contributed by atoms with Gasteiger partial charge in [0, 0.05) is 42.6 Å². The SMILES string of the molecule is CC(=O)c1cccc(NS(=O)(=O)c2cc(-c3sc(NC(=O)CC4CCOCC4)nc3C)cnc2C)c1. The van der Waals surface area contributed by atoms with E-state index in [1.165, 1.54) is 24.3 Å². The first-order chi connectivity index (χ1) is 17.1. The van der Waals surface area contributed by atoms with Gasteiger partial charge < -0.3 is 10.1 Å². The summed E-state index contributed by atoms with van der Waals surface area (Å²) in [4.78, 5) is 33.7. The molecule has 9 nitrogen and oxygen atoms in total. The van der Waals surface area contributed by atoms with Crippen molar-refractivity contribution in [1.29, 1.82) is 0 Å². The zero-order valence-electron chi connectivity index (χ0n) is 20.3. The van der Waals surface area contributed by atoms with Crippen molar-refractivity contribution >= 4 is 43.9 Å². The molecule has 1 amide bonds. The van der Waals surface area contributed by atoms with Crippen molar-refractivity contribution in [1.82, 2.24) is 9.97 Å². The van der Waals surface area contributed by atoms with Crippen molar-refractivity contribution in [3.63, 3.8) is 0 Å². The maximum Gasteiger partial charge on any atom is 0.263 e. The van der Waals surface area contributed by atoms with E-state index >= 15 is 0 Å². The molecule has 1 aromatic carbocycles. The number of aryl methyl sites for hydroxylation is 2. The number of rotatable bonds is 8. The second-order valence-electron chi connectivity index (χ2n) is 8.79. The number of amides is 1. The molecule has 11 heteroatoms. The van der Waals surface area contributed by atoms with Gasteiger partial charge in [0.1, 0.15) is 4.90 Å². The molecule has 0 radical (unpaired) electrons. The average molecular weight is 529 g/mol. The number of hydrogen-bond acceptors (Lipinski definition) is 8. The number of sulfonamides is 1. The molecule has 0 bridgehead atoms. The predicted octanol–water partition coefficient (Wildman–Crippen LogP) is 4.58. The number of ketones is 1. The monoisotopic (exact) mass is 528 g/mol. The molecular weight excluding hydrogens is 500 g/mol. The highest BCUT2D eigenvalue weighted by Crippen LogP contribution is 2.34. The number of carbonyl (C=O) groups is 2. The van der Waals surface area contributed by atoms with Crippen LogP contribution in [0.1, 0.15) is 47.9 Å². The van der Waals surface area contributed by atoms with Crippen molar-refractivity contribution in [3.05, 3.63) is 53.5 Å². The highest BCUT2D eigenvalue weighted by molar-refractivity contribution is 7.92. The topological polar surface area (TPSA) is 127 Å². The Morgan fingerprint density at radius 3 is 2.61 bits per heavy atom. The third-order valence-corrected chi connectivity index (χ3v) is 8.59. The second kappa shape index (κ2) is 10.9. The van der Waals surface area contributed by atoms with Gasteiger partial charge in [-0.3, -0.25) is 19.3 Å². The summed E-state index contributed by atoms with van der Waals surface area (Å²) in [6.45, 7) is 6.21. The van der Waals surface area contributed by atoms with Gasteiger partial charge in [0.2, 0.25) is 5.91 Å². The van der Waals surface area contributed by atoms with E-state index in [0.29, 0.717) is 53.2 Å². The van der Waals surface area contributed by atoms with Gasteiger partial charge in [0.25, 0.3) is 10.0 Å². The van der Waals surface area contributed by atoms with E-state index < -0.39 is 10.0 Å². The third kappa shape index (κ3) is 6.15. The lowest BCUT2D eigenvalue weighted by Gasteiger charge is -2.20. The molecule has 4 rings (SSSR count). The fraction of sp³-hybridized carbons (Fsp3) is 0.360. The number of nitrogens with zero attached hydrogens (tertiary/aromatic N) is 2. The molecule has 36 heavy (non-hydrogen) atoms. The molecule has 2 aromatic heterocycles. The number of ether oxygens (including phenoxy) is 1. The third-order valence-electron chi connectivity index (χ3n) is 5.97. The lowest BCUT2D eigenvalue weighted by Crippen LogP contribution is -2.22. The number of benzene rings is 1. The number of aromatic nitrogens is 2. The lowest BCUT2D eigenvalue weighted by atomic mass is 9.96. The van der Waals surface area contributed by atoms with Crippen LogP contribution in [0.2, 0.25) is 0 Å². The fourth-order valence-corrected chi connectivity index (χ4v) is 6.26. The lowest BCUT2D eigenvalue weighted by molar-refractivity contribution is -0.117. The van der Waals surface area contributed by atoms with E-state index in [0.717, 1.165) is 17.7 Å². The first kappa shape index (κ1) is 25.9. The number of carbonyl (C=O) groups excluding carboxylic acids is 2. The molecule has 0 unspecified atom stereocenters. The van der Waals surface area contributed by atoms with Gasteiger partial charge >= 0.3 is 0 Å². The summed E-state index contributed by atoms with van der Waals surface area (Å²) in [5.74, 6) is 0.0497. The molecule has 190 valence electrons. The van der Waals surface area contributed by atoms with Crippen molar-refractivity contribution in [2.45, 2.75) is 44.9 Å². The molecule has 0 spiro atoms. The number of hydrogen-bond donors (Lipinski definition) is 2. The minimum Gasteiger partial charge on any atom is -0.381 e.